The molecule has 0 amide bonds. The Hall–Kier alpha value is -3.13. The Morgan fingerprint density at radius 3 is 1.63 bits per heavy atom. The van der Waals surface area contributed by atoms with E-state index < -0.39 is 5.97 Å². The lowest BCUT2D eigenvalue weighted by molar-refractivity contribution is -0.137. The molecule has 0 aliphatic carbocycles. The molecule has 35 heavy (non-hydrogen) atoms. The molecule has 5 aromatic carbocycles. The number of unbranched alkanes of at least 4 members (excludes halogenated alkanes) is 9. The van der Waals surface area contributed by atoms with E-state index in [-0.39, 0.29) is 0 Å². The van der Waals surface area contributed by atoms with Gasteiger partial charge in [-0.1, -0.05) is 118 Å². The minimum absolute atomic E-state index is 0.322. The summed E-state index contributed by atoms with van der Waals surface area (Å²) in [6, 6.07) is 25.0. The van der Waals surface area contributed by atoms with Crippen molar-refractivity contribution < 1.29 is 9.90 Å². The molecule has 180 valence electrons. The summed E-state index contributed by atoms with van der Waals surface area (Å²) in [7, 11) is 0. The minimum Gasteiger partial charge on any atom is -0.481 e. The summed E-state index contributed by atoms with van der Waals surface area (Å²) in [6.45, 7) is 0. The number of carbonyl (C=O) groups is 1. The van der Waals surface area contributed by atoms with Crippen molar-refractivity contribution in [2.45, 2.75) is 77.0 Å². The third kappa shape index (κ3) is 5.12. The Morgan fingerprint density at radius 1 is 0.514 bits per heavy atom. The molecule has 0 aliphatic rings. The van der Waals surface area contributed by atoms with E-state index in [0.717, 1.165) is 19.3 Å². The molecule has 2 heteroatoms. The van der Waals surface area contributed by atoms with Crippen LogP contribution in [0.3, 0.4) is 0 Å². The van der Waals surface area contributed by atoms with Crippen molar-refractivity contribution in [3.8, 4) is 0 Å². The summed E-state index contributed by atoms with van der Waals surface area (Å²) in [5, 5.41) is 19.8. The number of hydrogen-bond acceptors (Lipinski definition) is 1. The molecular weight excluding hydrogens is 428 g/mol. The summed E-state index contributed by atoms with van der Waals surface area (Å²) in [5.74, 6) is -0.666. The van der Waals surface area contributed by atoms with E-state index in [9.17, 15) is 4.79 Å². The maximum atomic E-state index is 10.5. The molecule has 0 unspecified atom stereocenters. The van der Waals surface area contributed by atoms with Crippen LogP contribution in [0.15, 0.2) is 66.7 Å². The molecule has 0 saturated carbocycles. The van der Waals surface area contributed by atoms with Gasteiger partial charge in [0.15, 0.2) is 0 Å². The second-order valence-corrected chi connectivity index (χ2v) is 10.1. The van der Waals surface area contributed by atoms with Crippen LogP contribution in [-0.2, 0) is 11.2 Å². The molecule has 1 N–H and O–H groups in total. The van der Waals surface area contributed by atoms with Gasteiger partial charge in [-0.15, -0.1) is 0 Å². The van der Waals surface area contributed by atoms with Crippen molar-refractivity contribution in [2.75, 3.05) is 0 Å². The number of aryl methyl sites for hydroxylation is 1. The van der Waals surface area contributed by atoms with E-state index in [1.165, 1.54) is 100 Å². The first-order chi connectivity index (χ1) is 17.2. The fraction of sp³-hybridized carbons (Fsp3) is 0.364. The lowest BCUT2D eigenvalue weighted by atomic mass is 9.87. The molecule has 0 saturated heterocycles. The van der Waals surface area contributed by atoms with Crippen LogP contribution in [0.25, 0.3) is 43.1 Å². The van der Waals surface area contributed by atoms with Gasteiger partial charge in [-0.2, -0.15) is 0 Å². The van der Waals surface area contributed by atoms with Crippen molar-refractivity contribution in [3.05, 3.63) is 72.3 Å². The third-order valence-electron chi connectivity index (χ3n) is 7.70. The van der Waals surface area contributed by atoms with Gasteiger partial charge >= 0.3 is 5.97 Å². The normalized spacial score (nSPS) is 11.9. The Kier molecular flexibility index (Phi) is 7.47. The van der Waals surface area contributed by atoms with Crippen LogP contribution in [0, 0.1) is 0 Å². The first kappa shape index (κ1) is 23.6. The Labute approximate surface area is 208 Å². The standard InChI is InChI=1S/C33H36O2/c34-31(35)21-10-8-6-4-2-1-3-5-7-9-14-24-22-23-30-28-19-12-16-25-15-11-18-27(32(25)28)29-20-13-17-26(24)33(29)30/h11-13,15-20,22-23H,1-10,14,21H2,(H,34,35). The molecule has 0 fully saturated rings. The lowest BCUT2D eigenvalue weighted by Crippen LogP contribution is -1.93. The predicted molar refractivity (Wildman–Crippen MR) is 150 cm³/mol. The van der Waals surface area contributed by atoms with Gasteiger partial charge in [-0.3, -0.25) is 4.79 Å². The molecule has 0 aliphatic heterocycles. The van der Waals surface area contributed by atoms with E-state index in [0.29, 0.717) is 6.42 Å². The highest BCUT2D eigenvalue weighted by molar-refractivity contribution is 6.33. The highest BCUT2D eigenvalue weighted by atomic mass is 16.4. The molecule has 0 bridgehead atoms. The Bertz CT molecular complexity index is 1380. The van der Waals surface area contributed by atoms with E-state index in [1.54, 1.807) is 0 Å². The molecule has 0 heterocycles. The molecular formula is C33H36O2. The minimum atomic E-state index is -0.666. The summed E-state index contributed by atoms with van der Waals surface area (Å²) in [6.07, 6.45) is 13.6. The fourth-order valence-electron chi connectivity index (χ4n) is 5.93. The number of carboxylic acid groups (broad SMARTS) is 1. The maximum absolute atomic E-state index is 10.5. The van der Waals surface area contributed by atoms with Crippen LogP contribution < -0.4 is 0 Å². The molecule has 0 radical (unpaired) electrons. The molecule has 5 rings (SSSR count). The van der Waals surface area contributed by atoms with E-state index >= 15 is 0 Å². The van der Waals surface area contributed by atoms with Crippen LogP contribution in [0.1, 0.15) is 76.2 Å². The van der Waals surface area contributed by atoms with Crippen LogP contribution in [0.4, 0.5) is 0 Å². The molecule has 2 nitrogen and oxygen atoms in total. The highest BCUT2D eigenvalue weighted by Crippen LogP contribution is 2.41. The van der Waals surface area contributed by atoms with Gasteiger partial charge in [0.1, 0.15) is 0 Å². The molecule has 0 atom stereocenters. The van der Waals surface area contributed by atoms with E-state index in [1.807, 2.05) is 0 Å². The number of carboxylic acids is 1. The SMILES string of the molecule is O=C(O)CCCCCCCCCCCCc1ccc2c3cccc4cccc(c5cccc1c52)c43. The smallest absolute Gasteiger partial charge is 0.303 e. The van der Waals surface area contributed by atoms with Crippen molar-refractivity contribution in [3.63, 3.8) is 0 Å². The monoisotopic (exact) mass is 464 g/mol. The van der Waals surface area contributed by atoms with Crippen molar-refractivity contribution in [2.24, 2.45) is 0 Å². The quantitative estimate of drug-likeness (QED) is 0.107. The first-order valence-electron chi connectivity index (χ1n) is 13.5. The van der Waals surface area contributed by atoms with Crippen LogP contribution in [0.5, 0.6) is 0 Å². The zero-order valence-corrected chi connectivity index (χ0v) is 20.7. The lowest BCUT2D eigenvalue weighted by Gasteiger charge is -2.16. The number of benzene rings is 5. The number of hydrogen-bond donors (Lipinski definition) is 1. The van der Waals surface area contributed by atoms with E-state index in [2.05, 4.69) is 66.7 Å². The maximum Gasteiger partial charge on any atom is 0.303 e. The fourth-order valence-corrected chi connectivity index (χ4v) is 5.93. The Morgan fingerprint density at radius 2 is 1.00 bits per heavy atom. The molecule has 0 aromatic heterocycles. The topological polar surface area (TPSA) is 37.3 Å². The summed E-state index contributed by atoms with van der Waals surface area (Å²) in [4.78, 5) is 10.5. The van der Waals surface area contributed by atoms with Gasteiger partial charge in [0.2, 0.25) is 0 Å². The number of rotatable bonds is 13. The second-order valence-electron chi connectivity index (χ2n) is 10.1. The second kappa shape index (κ2) is 11.1. The Balaban J connectivity index is 1.18. The third-order valence-corrected chi connectivity index (χ3v) is 7.70. The van der Waals surface area contributed by atoms with Crippen molar-refractivity contribution in [1.82, 2.24) is 0 Å². The molecule has 5 aromatic rings. The number of aliphatic carboxylic acids is 1. The number of fused-ring (bicyclic) bond motifs is 2. The van der Waals surface area contributed by atoms with Crippen molar-refractivity contribution in [1.29, 1.82) is 0 Å². The molecule has 0 spiro atoms. The van der Waals surface area contributed by atoms with Gasteiger partial charge in [-0.05, 0) is 67.9 Å². The largest absolute Gasteiger partial charge is 0.481 e. The first-order valence-corrected chi connectivity index (χ1v) is 13.5. The van der Waals surface area contributed by atoms with E-state index in [4.69, 9.17) is 5.11 Å². The van der Waals surface area contributed by atoms with Crippen LogP contribution in [-0.4, -0.2) is 11.1 Å². The van der Waals surface area contributed by atoms with Crippen molar-refractivity contribution >= 4 is 49.1 Å². The zero-order chi connectivity index (χ0) is 24.0. The predicted octanol–water partition coefficient (Wildman–Crippen LogP) is 9.66. The van der Waals surface area contributed by atoms with Gasteiger partial charge in [0.25, 0.3) is 0 Å². The summed E-state index contributed by atoms with van der Waals surface area (Å²) >= 11 is 0. The van der Waals surface area contributed by atoms with Gasteiger partial charge in [-0.25, -0.2) is 0 Å². The van der Waals surface area contributed by atoms with Crippen LogP contribution in [0.2, 0.25) is 0 Å². The summed E-state index contributed by atoms with van der Waals surface area (Å²) in [5.41, 5.74) is 1.48. The van der Waals surface area contributed by atoms with Gasteiger partial charge in [0, 0.05) is 6.42 Å². The van der Waals surface area contributed by atoms with Crippen LogP contribution >= 0.6 is 0 Å². The van der Waals surface area contributed by atoms with Gasteiger partial charge < -0.3 is 5.11 Å². The highest BCUT2D eigenvalue weighted by Gasteiger charge is 2.14. The summed E-state index contributed by atoms with van der Waals surface area (Å²) < 4.78 is 0. The average Bonchev–Trinajstić information content (AvgIpc) is 2.88. The zero-order valence-electron chi connectivity index (χ0n) is 20.7. The van der Waals surface area contributed by atoms with Gasteiger partial charge in [0.05, 0.1) is 0 Å². The average molecular weight is 465 g/mol.